The van der Waals surface area contributed by atoms with Gasteiger partial charge < -0.3 is 20.3 Å². The maximum Gasteiger partial charge on any atom is 0.120 e. The van der Waals surface area contributed by atoms with Gasteiger partial charge in [-0.25, -0.2) is 0 Å². The number of aryl methyl sites for hydroxylation is 2. The van der Waals surface area contributed by atoms with Crippen LogP contribution in [0, 0.1) is 11.8 Å². The number of unbranched alkanes of at least 4 members (excludes halogenated alkanes) is 2. The zero-order valence-electron chi connectivity index (χ0n) is 25.3. The van der Waals surface area contributed by atoms with Crippen LogP contribution in [-0.4, -0.2) is 30.8 Å². The molecule has 0 bridgehead atoms. The minimum Gasteiger partial charge on any atom is -0.391 e. The maximum absolute atomic E-state index is 11.1. The third-order valence-electron chi connectivity index (χ3n) is 8.27. The topological polar surface area (TPSA) is 44.4 Å². The van der Waals surface area contributed by atoms with Gasteiger partial charge in [0.15, 0.2) is 0 Å². The summed E-state index contributed by atoms with van der Waals surface area (Å²) in [7, 11) is 1.89. The van der Waals surface area contributed by atoms with E-state index < -0.39 is 0 Å². The van der Waals surface area contributed by atoms with E-state index in [1.54, 1.807) is 6.20 Å². The SMILES string of the molecule is C=CNCCCCC(CCc1ccc2c(c1)CN(C(CCC=O)C(=C)NC)C2=C)c1ccc(CCCC#CC)cc1. The molecular weight excluding hydrogens is 502 g/mol. The average Bonchev–Trinajstić information content (AvgIpc) is 3.32. The molecule has 0 aromatic heterocycles. The molecule has 41 heavy (non-hydrogen) atoms. The van der Waals surface area contributed by atoms with Gasteiger partial charge in [-0.05, 0) is 86.2 Å². The van der Waals surface area contributed by atoms with Crippen LogP contribution in [0.1, 0.15) is 92.0 Å². The standard InChI is InChI=1S/C37H49N3O/c1-6-8-9-10-14-31-17-21-34(22-18-31)33(15-11-12-25-39-7-2)23-19-32-20-24-36-30(4)40(28-35(36)27-32)37(16-13-26-41)29(3)38-5/h7,17-18,20-22,24,26-27,33,37-39H,2-4,9-16,19,23,25,28H2,1,5H3. The van der Waals surface area contributed by atoms with Crippen molar-refractivity contribution in [2.75, 3.05) is 13.6 Å². The number of hydrogen-bond acceptors (Lipinski definition) is 4. The van der Waals surface area contributed by atoms with Gasteiger partial charge >= 0.3 is 0 Å². The monoisotopic (exact) mass is 551 g/mol. The Morgan fingerprint density at radius 1 is 1.05 bits per heavy atom. The minimum atomic E-state index is 0.0519. The highest BCUT2D eigenvalue weighted by molar-refractivity contribution is 5.70. The quantitative estimate of drug-likeness (QED) is 0.108. The Labute approximate surface area is 249 Å². The molecule has 0 radical (unpaired) electrons. The van der Waals surface area contributed by atoms with Crippen LogP contribution in [0.2, 0.25) is 0 Å². The van der Waals surface area contributed by atoms with E-state index in [0.29, 0.717) is 12.3 Å². The molecule has 2 atom stereocenters. The van der Waals surface area contributed by atoms with E-state index in [9.17, 15) is 4.79 Å². The van der Waals surface area contributed by atoms with Crippen LogP contribution < -0.4 is 10.6 Å². The van der Waals surface area contributed by atoms with E-state index in [4.69, 9.17) is 0 Å². The molecule has 3 rings (SSSR count). The van der Waals surface area contributed by atoms with Crippen LogP contribution in [0.25, 0.3) is 5.70 Å². The summed E-state index contributed by atoms with van der Waals surface area (Å²) in [6, 6.07) is 16.3. The largest absolute Gasteiger partial charge is 0.391 e. The second kappa shape index (κ2) is 17.2. The summed E-state index contributed by atoms with van der Waals surface area (Å²) < 4.78 is 0. The van der Waals surface area contributed by atoms with Crippen LogP contribution in [0.4, 0.5) is 0 Å². The molecule has 0 amide bonds. The second-order valence-electron chi connectivity index (χ2n) is 11.0. The van der Waals surface area contributed by atoms with E-state index in [-0.39, 0.29) is 6.04 Å². The highest BCUT2D eigenvalue weighted by Gasteiger charge is 2.29. The summed E-state index contributed by atoms with van der Waals surface area (Å²) in [6.45, 7) is 16.1. The Morgan fingerprint density at radius 2 is 1.83 bits per heavy atom. The molecule has 1 heterocycles. The van der Waals surface area contributed by atoms with Crippen LogP contribution in [0.3, 0.4) is 0 Å². The van der Waals surface area contributed by atoms with Crippen molar-refractivity contribution >= 4 is 12.0 Å². The van der Waals surface area contributed by atoms with Gasteiger partial charge in [0.1, 0.15) is 6.29 Å². The molecule has 2 unspecified atom stereocenters. The molecule has 0 saturated carbocycles. The molecule has 1 aliphatic heterocycles. The Kier molecular flexibility index (Phi) is 13.3. The predicted molar refractivity (Wildman–Crippen MR) is 174 cm³/mol. The molecule has 1 aliphatic rings. The Morgan fingerprint density at radius 3 is 2.54 bits per heavy atom. The van der Waals surface area contributed by atoms with Gasteiger partial charge in [0.25, 0.3) is 0 Å². The Bertz CT molecular complexity index is 1220. The molecule has 2 N–H and O–H groups in total. The van der Waals surface area contributed by atoms with Crippen molar-refractivity contribution < 1.29 is 4.79 Å². The van der Waals surface area contributed by atoms with E-state index in [0.717, 1.165) is 75.7 Å². The smallest absolute Gasteiger partial charge is 0.120 e. The molecular formula is C37H49N3O. The highest BCUT2D eigenvalue weighted by atomic mass is 16.1. The lowest BCUT2D eigenvalue weighted by atomic mass is 9.87. The van der Waals surface area contributed by atoms with E-state index in [2.05, 4.69) is 89.6 Å². The van der Waals surface area contributed by atoms with E-state index in [1.165, 1.54) is 40.7 Å². The third-order valence-corrected chi connectivity index (χ3v) is 8.27. The van der Waals surface area contributed by atoms with Crippen molar-refractivity contribution in [3.8, 4) is 11.8 Å². The number of aldehydes is 1. The summed E-state index contributed by atoms with van der Waals surface area (Å²) in [6.07, 6.45) is 12.9. The number of nitrogens with zero attached hydrogens (tertiary/aromatic N) is 1. The number of likely N-dealkylation sites (N-methyl/N-ethyl adjacent to an activating group) is 1. The van der Waals surface area contributed by atoms with Gasteiger partial charge in [-0.3, -0.25) is 0 Å². The Hall–Kier alpha value is -3.71. The average molecular weight is 552 g/mol. The van der Waals surface area contributed by atoms with Crippen molar-refractivity contribution in [3.63, 3.8) is 0 Å². The van der Waals surface area contributed by atoms with E-state index >= 15 is 0 Å². The molecule has 218 valence electrons. The zero-order chi connectivity index (χ0) is 29.5. The van der Waals surface area contributed by atoms with Crippen LogP contribution in [0.5, 0.6) is 0 Å². The minimum absolute atomic E-state index is 0.0519. The number of hydrogen-bond donors (Lipinski definition) is 2. The van der Waals surface area contributed by atoms with Gasteiger partial charge in [-0.15, -0.1) is 11.8 Å². The van der Waals surface area contributed by atoms with Gasteiger partial charge in [-0.1, -0.05) is 68.6 Å². The lowest BCUT2D eigenvalue weighted by molar-refractivity contribution is -0.108. The van der Waals surface area contributed by atoms with Gasteiger partial charge in [-0.2, -0.15) is 0 Å². The summed E-state index contributed by atoms with van der Waals surface area (Å²) in [5, 5.41) is 6.43. The number of nitrogens with one attached hydrogen (secondary N) is 2. The third kappa shape index (κ3) is 9.42. The summed E-state index contributed by atoms with van der Waals surface area (Å²) >= 11 is 0. The van der Waals surface area contributed by atoms with Gasteiger partial charge in [0.2, 0.25) is 0 Å². The number of benzene rings is 2. The molecule has 4 nitrogen and oxygen atoms in total. The van der Waals surface area contributed by atoms with Gasteiger partial charge in [0, 0.05) is 49.9 Å². The van der Waals surface area contributed by atoms with Crippen molar-refractivity contribution in [1.29, 1.82) is 0 Å². The van der Waals surface area contributed by atoms with Crippen molar-refractivity contribution in [3.05, 3.63) is 102 Å². The Balaban J connectivity index is 1.68. The zero-order valence-corrected chi connectivity index (χ0v) is 25.3. The molecule has 4 heteroatoms. The van der Waals surface area contributed by atoms with E-state index in [1.807, 2.05) is 14.0 Å². The van der Waals surface area contributed by atoms with Crippen LogP contribution >= 0.6 is 0 Å². The fourth-order valence-electron chi connectivity index (χ4n) is 5.86. The number of rotatable bonds is 19. The second-order valence-corrected chi connectivity index (χ2v) is 11.0. The van der Waals surface area contributed by atoms with Crippen molar-refractivity contribution in [1.82, 2.24) is 15.5 Å². The summed E-state index contributed by atoms with van der Waals surface area (Å²) in [5.74, 6) is 6.69. The summed E-state index contributed by atoms with van der Waals surface area (Å²) in [5.41, 5.74) is 8.69. The fraction of sp³-hybridized carbons (Fsp3) is 0.432. The number of carbonyl (C=O) groups excluding carboxylic acids is 1. The first-order valence-corrected chi connectivity index (χ1v) is 15.2. The molecule has 0 saturated heterocycles. The lowest BCUT2D eigenvalue weighted by Crippen LogP contribution is -2.35. The van der Waals surface area contributed by atoms with Crippen molar-refractivity contribution in [2.24, 2.45) is 0 Å². The van der Waals surface area contributed by atoms with Crippen LogP contribution in [-0.2, 0) is 24.2 Å². The van der Waals surface area contributed by atoms with Crippen LogP contribution in [0.15, 0.2) is 74.1 Å². The molecule has 2 aromatic carbocycles. The molecule has 0 spiro atoms. The van der Waals surface area contributed by atoms with Gasteiger partial charge in [0.05, 0.1) is 6.04 Å². The maximum atomic E-state index is 11.1. The highest BCUT2D eigenvalue weighted by Crippen LogP contribution is 2.37. The molecule has 0 fully saturated rings. The first kappa shape index (κ1) is 31.8. The molecule has 0 aliphatic carbocycles. The predicted octanol–water partition coefficient (Wildman–Crippen LogP) is 7.52. The first-order valence-electron chi connectivity index (χ1n) is 15.2. The normalized spacial score (nSPS) is 13.5. The fourth-order valence-corrected chi connectivity index (χ4v) is 5.86. The molecule has 2 aromatic rings. The summed E-state index contributed by atoms with van der Waals surface area (Å²) in [4.78, 5) is 13.4. The number of fused-ring (bicyclic) bond motifs is 1. The lowest BCUT2D eigenvalue weighted by Gasteiger charge is -2.31. The first-order chi connectivity index (χ1) is 20.0. The van der Waals surface area contributed by atoms with Crippen molar-refractivity contribution in [2.45, 2.75) is 89.6 Å². The number of carbonyl (C=O) groups is 1.